The van der Waals surface area contributed by atoms with E-state index in [4.69, 9.17) is 15.0 Å². The second kappa shape index (κ2) is 7.11. The monoisotopic (exact) mass is 437 g/mol. The van der Waals surface area contributed by atoms with Crippen molar-refractivity contribution in [2.24, 2.45) is 0 Å². The van der Waals surface area contributed by atoms with Gasteiger partial charge in [-0.2, -0.15) is 5.10 Å². The van der Waals surface area contributed by atoms with Crippen molar-refractivity contribution < 1.29 is 0 Å². The molecule has 1 aliphatic heterocycles. The Balaban J connectivity index is 1.36. The van der Waals surface area contributed by atoms with Crippen LogP contribution in [-0.4, -0.2) is 60.7 Å². The van der Waals surface area contributed by atoms with Crippen LogP contribution in [0.1, 0.15) is 12.8 Å². The van der Waals surface area contributed by atoms with Crippen LogP contribution in [0.15, 0.2) is 31.0 Å². The van der Waals surface area contributed by atoms with E-state index in [1.807, 2.05) is 23.0 Å². The van der Waals surface area contributed by atoms with E-state index in [0.29, 0.717) is 6.04 Å². The molecule has 0 atom stereocenters. The number of H-pyrrole nitrogens is 1. The minimum Gasteiger partial charge on any atom is -0.348 e. The molecule has 0 amide bonds. The van der Waals surface area contributed by atoms with E-state index < -0.39 is 0 Å². The van der Waals surface area contributed by atoms with E-state index in [1.54, 1.807) is 35.1 Å². The summed E-state index contributed by atoms with van der Waals surface area (Å²) in [4.78, 5) is 23.2. The summed E-state index contributed by atoms with van der Waals surface area (Å²) >= 11 is 3.22. The number of fused-ring (bicyclic) bond motifs is 2. The zero-order chi connectivity index (χ0) is 20.1. The van der Waals surface area contributed by atoms with Crippen LogP contribution >= 0.6 is 22.7 Å². The average molecular weight is 438 g/mol. The van der Waals surface area contributed by atoms with Crippen molar-refractivity contribution >= 4 is 43.1 Å². The molecule has 152 valence electrons. The maximum atomic E-state index is 4.87. The van der Waals surface area contributed by atoms with Crippen molar-refractivity contribution in [1.29, 1.82) is 0 Å². The van der Waals surface area contributed by atoms with Crippen molar-refractivity contribution in [3.05, 3.63) is 31.0 Å². The van der Waals surface area contributed by atoms with Gasteiger partial charge in [0.1, 0.15) is 10.7 Å². The van der Waals surface area contributed by atoms with E-state index in [-0.39, 0.29) is 0 Å². The SMILES string of the molecule is CN(c1nc2sc(-c3ncc(-c4cn[nH]c4)n4ccnc34)nc2s1)C1CCNCC1. The normalized spacial score (nSPS) is 15.4. The standard InChI is InChI=1S/C19H19N9S2/c1-27(12-2-4-20-5-3-12)19-26-18-17(30-19)25-16(29-18)14-15-21-6-7-28(15)13(10-22-14)11-8-23-24-9-11/h6-10,12,20H,2-5H2,1H3,(H,23,24). The van der Waals surface area contributed by atoms with E-state index in [9.17, 15) is 0 Å². The summed E-state index contributed by atoms with van der Waals surface area (Å²) in [7, 11) is 2.14. The van der Waals surface area contributed by atoms with Gasteiger partial charge in [0.15, 0.2) is 20.4 Å². The second-order valence-electron chi connectivity index (χ2n) is 7.32. The van der Waals surface area contributed by atoms with Gasteiger partial charge in [-0.25, -0.2) is 19.9 Å². The van der Waals surface area contributed by atoms with Gasteiger partial charge in [-0.1, -0.05) is 22.7 Å². The Kier molecular flexibility index (Phi) is 4.25. The van der Waals surface area contributed by atoms with Crippen LogP contribution in [0.3, 0.4) is 0 Å². The molecular weight excluding hydrogens is 418 g/mol. The minimum absolute atomic E-state index is 0.535. The molecule has 6 rings (SSSR count). The van der Waals surface area contributed by atoms with Crippen LogP contribution in [-0.2, 0) is 0 Å². The summed E-state index contributed by atoms with van der Waals surface area (Å²) in [6.45, 7) is 2.13. The first-order valence-corrected chi connectivity index (χ1v) is 11.4. The van der Waals surface area contributed by atoms with Crippen LogP contribution in [0.4, 0.5) is 5.13 Å². The Morgan fingerprint density at radius 1 is 1.10 bits per heavy atom. The maximum Gasteiger partial charge on any atom is 0.188 e. The zero-order valence-electron chi connectivity index (χ0n) is 16.2. The predicted octanol–water partition coefficient (Wildman–Crippen LogP) is 3.04. The Hall–Kier alpha value is -2.89. The fourth-order valence-electron chi connectivity index (χ4n) is 3.91. The van der Waals surface area contributed by atoms with Gasteiger partial charge in [0, 0.05) is 37.2 Å². The lowest BCUT2D eigenvalue weighted by atomic mass is 10.1. The third kappa shape index (κ3) is 2.89. The number of aromatic nitrogens is 7. The van der Waals surface area contributed by atoms with Gasteiger partial charge in [0.05, 0.1) is 18.1 Å². The lowest BCUT2D eigenvalue weighted by Crippen LogP contribution is -2.41. The van der Waals surface area contributed by atoms with E-state index in [0.717, 1.165) is 68.3 Å². The molecule has 6 heterocycles. The number of thiazole rings is 2. The zero-order valence-corrected chi connectivity index (χ0v) is 17.9. The highest BCUT2D eigenvalue weighted by atomic mass is 32.1. The molecule has 30 heavy (non-hydrogen) atoms. The Labute approximate surface area is 179 Å². The number of nitrogens with one attached hydrogen (secondary N) is 2. The Morgan fingerprint density at radius 3 is 2.77 bits per heavy atom. The van der Waals surface area contributed by atoms with E-state index in [1.165, 1.54) is 0 Å². The van der Waals surface area contributed by atoms with Crippen molar-refractivity contribution in [3.63, 3.8) is 0 Å². The molecule has 0 bridgehead atoms. The molecule has 9 nitrogen and oxygen atoms in total. The second-order valence-corrected chi connectivity index (χ2v) is 9.25. The predicted molar refractivity (Wildman–Crippen MR) is 119 cm³/mol. The summed E-state index contributed by atoms with van der Waals surface area (Å²) in [5, 5.41) is 12.2. The van der Waals surface area contributed by atoms with Crippen LogP contribution in [0.25, 0.3) is 37.3 Å². The smallest absolute Gasteiger partial charge is 0.188 e. The quantitative estimate of drug-likeness (QED) is 0.446. The molecule has 1 fully saturated rings. The molecule has 0 saturated carbocycles. The fraction of sp³-hybridized carbons (Fsp3) is 0.316. The third-order valence-electron chi connectivity index (χ3n) is 5.55. The topological polar surface area (TPSA) is 99.9 Å². The van der Waals surface area contributed by atoms with Gasteiger partial charge in [0.25, 0.3) is 0 Å². The molecule has 5 aromatic rings. The summed E-state index contributed by atoms with van der Waals surface area (Å²) in [6, 6.07) is 0.535. The van der Waals surface area contributed by atoms with Gasteiger partial charge in [0.2, 0.25) is 0 Å². The number of hydrogen-bond donors (Lipinski definition) is 2. The summed E-state index contributed by atoms with van der Waals surface area (Å²) in [5.74, 6) is 0. The largest absolute Gasteiger partial charge is 0.348 e. The highest BCUT2D eigenvalue weighted by Crippen LogP contribution is 2.37. The molecule has 0 radical (unpaired) electrons. The molecule has 5 aromatic heterocycles. The minimum atomic E-state index is 0.535. The number of aromatic amines is 1. The molecule has 1 saturated heterocycles. The van der Waals surface area contributed by atoms with E-state index in [2.05, 4.69) is 32.4 Å². The molecular formula is C19H19N9S2. The van der Waals surface area contributed by atoms with Crippen molar-refractivity contribution in [2.45, 2.75) is 18.9 Å². The average Bonchev–Trinajstić information content (AvgIpc) is 3.56. The number of hydrogen-bond acceptors (Lipinski definition) is 9. The van der Waals surface area contributed by atoms with E-state index >= 15 is 0 Å². The maximum absolute atomic E-state index is 4.87. The number of imidazole rings is 1. The van der Waals surface area contributed by atoms with Gasteiger partial charge >= 0.3 is 0 Å². The lowest BCUT2D eigenvalue weighted by Gasteiger charge is -2.31. The van der Waals surface area contributed by atoms with Gasteiger partial charge in [-0.3, -0.25) is 9.50 Å². The molecule has 0 spiro atoms. The van der Waals surface area contributed by atoms with Crippen LogP contribution in [0, 0.1) is 0 Å². The van der Waals surface area contributed by atoms with Gasteiger partial charge < -0.3 is 10.2 Å². The van der Waals surface area contributed by atoms with Crippen molar-refractivity contribution in [3.8, 4) is 22.0 Å². The summed E-state index contributed by atoms with van der Waals surface area (Å²) in [6.07, 6.45) is 11.5. The number of nitrogens with zero attached hydrogens (tertiary/aromatic N) is 7. The first-order valence-electron chi connectivity index (χ1n) is 9.80. The Bertz CT molecular complexity index is 1280. The fourth-order valence-corrected chi connectivity index (χ4v) is 5.97. The number of anilines is 1. The van der Waals surface area contributed by atoms with Crippen molar-refractivity contribution in [1.82, 2.24) is 39.9 Å². The highest BCUT2D eigenvalue weighted by molar-refractivity contribution is 7.29. The van der Waals surface area contributed by atoms with Gasteiger partial charge in [-0.15, -0.1) is 0 Å². The molecule has 11 heteroatoms. The number of rotatable bonds is 4. The van der Waals surface area contributed by atoms with Crippen LogP contribution in [0.5, 0.6) is 0 Å². The first kappa shape index (κ1) is 17.9. The molecule has 0 aromatic carbocycles. The molecule has 0 aliphatic carbocycles. The third-order valence-corrected chi connectivity index (χ3v) is 7.67. The van der Waals surface area contributed by atoms with Crippen molar-refractivity contribution in [2.75, 3.05) is 25.0 Å². The molecule has 0 unspecified atom stereocenters. The van der Waals surface area contributed by atoms with Crippen LogP contribution < -0.4 is 10.2 Å². The molecule has 1 aliphatic rings. The first-order chi connectivity index (χ1) is 14.8. The highest BCUT2D eigenvalue weighted by Gasteiger charge is 2.23. The molecule has 2 N–H and O–H groups in total. The van der Waals surface area contributed by atoms with Gasteiger partial charge in [-0.05, 0) is 25.9 Å². The summed E-state index contributed by atoms with van der Waals surface area (Å²) in [5.41, 5.74) is 3.45. The Morgan fingerprint density at radius 2 is 1.97 bits per heavy atom. The summed E-state index contributed by atoms with van der Waals surface area (Å²) < 4.78 is 2.02. The number of piperidine rings is 1. The lowest BCUT2D eigenvalue weighted by molar-refractivity contribution is 0.443. The van der Waals surface area contributed by atoms with Crippen LogP contribution in [0.2, 0.25) is 0 Å².